The SMILES string of the molecule is CCNC(=NCC(C)(C)OC)NCCCCN(CC)CC.I. The number of rotatable bonds is 11. The molecule has 22 heavy (non-hydrogen) atoms. The zero-order chi connectivity index (χ0) is 16.1. The summed E-state index contributed by atoms with van der Waals surface area (Å²) in [4.78, 5) is 7.04. The lowest BCUT2D eigenvalue weighted by molar-refractivity contribution is 0.0310. The lowest BCUT2D eigenvalue weighted by Gasteiger charge is -2.21. The van der Waals surface area contributed by atoms with Gasteiger partial charge in [-0.1, -0.05) is 13.8 Å². The molecular formula is C16H37IN4O. The molecule has 0 heterocycles. The van der Waals surface area contributed by atoms with E-state index in [4.69, 9.17) is 4.74 Å². The summed E-state index contributed by atoms with van der Waals surface area (Å²) in [6, 6.07) is 0. The third kappa shape index (κ3) is 12.5. The Morgan fingerprint density at radius 1 is 1.09 bits per heavy atom. The molecule has 5 nitrogen and oxygen atoms in total. The summed E-state index contributed by atoms with van der Waals surface area (Å²) in [5.41, 5.74) is -0.217. The predicted molar refractivity (Wildman–Crippen MR) is 108 cm³/mol. The Kier molecular flexibility index (Phi) is 15.9. The third-order valence-electron chi connectivity index (χ3n) is 3.60. The molecule has 6 heteroatoms. The standard InChI is InChI=1S/C16H36N4O.HI/c1-7-17-15(19-14-16(4,5)21-6)18-12-10-11-13-20(8-2)9-3;/h7-14H2,1-6H3,(H2,17,18,19);1H. The fraction of sp³-hybridized carbons (Fsp3) is 0.938. The summed E-state index contributed by atoms with van der Waals surface area (Å²) in [7, 11) is 1.73. The number of nitrogens with one attached hydrogen (secondary N) is 2. The molecule has 0 bridgehead atoms. The molecule has 0 radical (unpaired) electrons. The van der Waals surface area contributed by atoms with E-state index < -0.39 is 0 Å². The monoisotopic (exact) mass is 428 g/mol. The molecule has 134 valence electrons. The molecule has 2 N–H and O–H groups in total. The van der Waals surface area contributed by atoms with Crippen molar-refractivity contribution in [2.45, 2.75) is 53.1 Å². The summed E-state index contributed by atoms with van der Waals surface area (Å²) in [6.45, 7) is 16.6. The third-order valence-corrected chi connectivity index (χ3v) is 3.60. The van der Waals surface area contributed by atoms with Gasteiger partial charge in [0.25, 0.3) is 0 Å². The molecule has 0 spiro atoms. The summed E-state index contributed by atoms with van der Waals surface area (Å²) >= 11 is 0. The number of halogens is 1. The van der Waals surface area contributed by atoms with Gasteiger partial charge in [0.05, 0.1) is 12.1 Å². The molecule has 0 fully saturated rings. The average molecular weight is 428 g/mol. The molecule has 0 aliphatic heterocycles. The maximum absolute atomic E-state index is 5.39. The van der Waals surface area contributed by atoms with E-state index >= 15 is 0 Å². The molecule has 0 saturated carbocycles. The van der Waals surface area contributed by atoms with E-state index in [1.165, 1.54) is 13.0 Å². The molecule has 0 aliphatic carbocycles. The molecule has 0 aromatic rings. The molecule has 0 amide bonds. The van der Waals surface area contributed by atoms with Gasteiger partial charge in [-0.15, -0.1) is 24.0 Å². The van der Waals surface area contributed by atoms with Crippen LogP contribution in [0.4, 0.5) is 0 Å². The van der Waals surface area contributed by atoms with Crippen LogP contribution in [0.15, 0.2) is 4.99 Å². The van der Waals surface area contributed by atoms with Crippen LogP contribution in [0.3, 0.4) is 0 Å². The Hall–Kier alpha value is -0.0800. The van der Waals surface area contributed by atoms with Crippen molar-refractivity contribution in [3.8, 4) is 0 Å². The summed E-state index contributed by atoms with van der Waals surface area (Å²) in [6.07, 6.45) is 2.38. The molecule has 0 aromatic carbocycles. The van der Waals surface area contributed by atoms with Crippen molar-refractivity contribution in [2.24, 2.45) is 4.99 Å². The minimum absolute atomic E-state index is 0. The highest BCUT2D eigenvalue weighted by molar-refractivity contribution is 14.0. The molecule has 0 saturated heterocycles. The Balaban J connectivity index is 0. The van der Waals surface area contributed by atoms with E-state index in [2.05, 4.69) is 41.3 Å². The fourth-order valence-electron chi connectivity index (χ4n) is 1.88. The van der Waals surface area contributed by atoms with Crippen LogP contribution in [0.2, 0.25) is 0 Å². The molecule has 0 aromatic heterocycles. The number of methoxy groups -OCH3 is 1. The van der Waals surface area contributed by atoms with Crippen LogP contribution in [-0.2, 0) is 4.74 Å². The van der Waals surface area contributed by atoms with Crippen LogP contribution in [0.5, 0.6) is 0 Å². The Bertz CT molecular complexity index is 281. The Morgan fingerprint density at radius 2 is 1.73 bits per heavy atom. The van der Waals surface area contributed by atoms with E-state index in [0.717, 1.165) is 38.6 Å². The van der Waals surface area contributed by atoms with Crippen LogP contribution < -0.4 is 10.6 Å². The van der Waals surface area contributed by atoms with E-state index in [9.17, 15) is 0 Å². The maximum Gasteiger partial charge on any atom is 0.191 e. The van der Waals surface area contributed by atoms with Crippen LogP contribution in [-0.4, -0.2) is 62.8 Å². The lowest BCUT2D eigenvalue weighted by Crippen LogP contribution is -2.39. The highest BCUT2D eigenvalue weighted by Crippen LogP contribution is 2.06. The van der Waals surface area contributed by atoms with Crippen molar-refractivity contribution >= 4 is 29.9 Å². The molecule has 0 aliphatic rings. The number of aliphatic imine (C=N–C) groups is 1. The molecule has 0 unspecified atom stereocenters. The largest absolute Gasteiger partial charge is 0.377 e. The highest BCUT2D eigenvalue weighted by atomic mass is 127. The van der Waals surface area contributed by atoms with Gasteiger partial charge in [0.1, 0.15) is 0 Å². The van der Waals surface area contributed by atoms with Crippen LogP contribution in [0.25, 0.3) is 0 Å². The van der Waals surface area contributed by atoms with E-state index in [0.29, 0.717) is 6.54 Å². The number of nitrogens with zero attached hydrogens (tertiary/aromatic N) is 2. The second-order valence-electron chi connectivity index (χ2n) is 5.82. The zero-order valence-corrected chi connectivity index (χ0v) is 17.7. The first-order chi connectivity index (χ1) is 9.99. The summed E-state index contributed by atoms with van der Waals surface area (Å²) < 4.78 is 5.39. The summed E-state index contributed by atoms with van der Waals surface area (Å²) in [5.74, 6) is 0.880. The number of guanidine groups is 1. The van der Waals surface area contributed by atoms with E-state index in [1.54, 1.807) is 7.11 Å². The second kappa shape index (κ2) is 14.5. The second-order valence-corrected chi connectivity index (χ2v) is 5.82. The fourth-order valence-corrected chi connectivity index (χ4v) is 1.88. The number of hydrogen-bond donors (Lipinski definition) is 2. The molecule has 0 atom stereocenters. The minimum atomic E-state index is -0.217. The minimum Gasteiger partial charge on any atom is -0.377 e. The van der Waals surface area contributed by atoms with Gasteiger partial charge < -0.3 is 20.3 Å². The Labute approximate surface area is 154 Å². The predicted octanol–water partition coefficient (Wildman–Crippen LogP) is 2.71. The van der Waals surface area contributed by atoms with Crippen molar-refractivity contribution in [3.05, 3.63) is 0 Å². The molecular weight excluding hydrogens is 391 g/mol. The van der Waals surface area contributed by atoms with E-state index in [-0.39, 0.29) is 29.6 Å². The van der Waals surface area contributed by atoms with Gasteiger partial charge >= 0.3 is 0 Å². The van der Waals surface area contributed by atoms with Gasteiger partial charge in [0, 0.05) is 20.2 Å². The average Bonchev–Trinajstić information content (AvgIpc) is 2.48. The number of hydrogen-bond acceptors (Lipinski definition) is 3. The number of ether oxygens (including phenoxy) is 1. The van der Waals surface area contributed by atoms with Crippen molar-refractivity contribution < 1.29 is 4.74 Å². The summed E-state index contributed by atoms with van der Waals surface area (Å²) in [5, 5.41) is 6.67. The van der Waals surface area contributed by atoms with Crippen molar-refractivity contribution in [1.82, 2.24) is 15.5 Å². The quantitative estimate of drug-likeness (QED) is 0.230. The Morgan fingerprint density at radius 3 is 2.23 bits per heavy atom. The molecule has 0 rings (SSSR count). The van der Waals surface area contributed by atoms with E-state index in [1.807, 2.05) is 13.8 Å². The van der Waals surface area contributed by atoms with Crippen molar-refractivity contribution in [3.63, 3.8) is 0 Å². The smallest absolute Gasteiger partial charge is 0.191 e. The van der Waals surface area contributed by atoms with Crippen molar-refractivity contribution in [2.75, 3.05) is 46.4 Å². The normalized spacial score (nSPS) is 12.2. The van der Waals surface area contributed by atoms with Gasteiger partial charge in [0.15, 0.2) is 5.96 Å². The van der Waals surface area contributed by atoms with Crippen molar-refractivity contribution in [1.29, 1.82) is 0 Å². The lowest BCUT2D eigenvalue weighted by atomic mass is 10.1. The topological polar surface area (TPSA) is 48.9 Å². The first kappa shape index (κ1) is 24.2. The van der Waals surface area contributed by atoms with Crippen LogP contribution >= 0.6 is 24.0 Å². The van der Waals surface area contributed by atoms with Gasteiger partial charge in [-0.2, -0.15) is 0 Å². The first-order valence-electron chi connectivity index (χ1n) is 8.28. The van der Waals surface area contributed by atoms with Crippen LogP contribution in [0.1, 0.15) is 47.5 Å². The van der Waals surface area contributed by atoms with Gasteiger partial charge in [-0.05, 0) is 53.2 Å². The van der Waals surface area contributed by atoms with Gasteiger partial charge in [-0.25, -0.2) is 0 Å². The van der Waals surface area contributed by atoms with Gasteiger partial charge in [-0.3, -0.25) is 4.99 Å². The first-order valence-corrected chi connectivity index (χ1v) is 8.28. The maximum atomic E-state index is 5.39. The van der Waals surface area contributed by atoms with Crippen LogP contribution in [0, 0.1) is 0 Å². The van der Waals surface area contributed by atoms with Gasteiger partial charge in [0.2, 0.25) is 0 Å². The zero-order valence-electron chi connectivity index (χ0n) is 15.4. The number of unbranched alkanes of at least 4 members (excludes halogenated alkanes) is 1. The highest BCUT2D eigenvalue weighted by Gasteiger charge is 2.15.